The molecule has 0 fully saturated rings. The van der Waals surface area contributed by atoms with Gasteiger partial charge in [0.15, 0.2) is 0 Å². The van der Waals surface area contributed by atoms with Gasteiger partial charge < -0.3 is 9.84 Å². The van der Waals surface area contributed by atoms with Gasteiger partial charge in [0.1, 0.15) is 12.4 Å². The Morgan fingerprint density at radius 2 is 1.74 bits per heavy atom. The van der Waals surface area contributed by atoms with E-state index in [2.05, 4.69) is 55.5 Å². The molecular formula is C25H29N3O3. The molecule has 2 aromatic carbocycles. The van der Waals surface area contributed by atoms with Crippen LogP contribution in [0, 0.1) is 0 Å². The monoisotopic (exact) mass is 419 g/mol. The average molecular weight is 420 g/mol. The summed E-state index contributed by atoms with van der Waals surface area (Å²) in [5, 5.41) is 16.8. The van der Waals surface area contributed by atoms with Crippen molar-refractivity contribution in [3.8, 4) is 11.1 Å². The van der Waals surface area contributed by atoms with E-state index in [0.717, 1.165) is 12.1 Å². The molecule has 0 bridgehead atoms. The summed E-state index contributed by atoms with van der Waals surface area (Å²) in [4.78, 5) is 12.6. The Hall–Kier alpha value is -3.12. The Bertz CT molecular complexity index is 1040. The minimum Gasteiger partial charge on any atom is -0.448 e. The molecule has 1 aliphatic rings. The molecule has 0 aliphatic heterocycles. The van der Waals surface area contributed by atoms with Crippen LogP contribution in [0.5, 0.6) is 0 Å². The van der Waals surface area contributed by atoms with E-state index in [1.807, 2.05) is 30.3 Å². The minimum atomic E-state index is -0.526. The highest BCUT2D eigenvalue weighted by atomic mass is 16.5. The zero-order chi connectivity index (χ0) is 22.0. The van der Waals surface area contributed by atoms with Gasteiger partial charge in [0.05, 0.1) is 18.8 Å². The number of aliphatic hydroxyl groups is 1. The first kappa shape index (κ1) is 21.1. The molecule has 6 nitrogen and oxygen atoms in total. The quantitative estimate of drug-likeness (QED) is 0.570. The van der Waals surface area contributed by atoms with Crippen LogP contribution in [0.15, 0.2) is 54.6 Å². The zero-order valence-corrected chi connectivity index (χ0v) is 18.3. The molecule has 162 valence electrons. The van der Waals surface area contributed by atoms with E-state index in [0.29, 0.717) is 12.4 Å². The maximum atomic E-state index is 12.6. The molecular weight excluding hydrogens is 390 g/mol. The van der Waals surface area contributed by atoms with Crippen molar-refractivity contribution in [2.24, 2.45) is 0 Å². The number of ether oxygens (including phenoxy) is 1. The summed E-state index contributed by atoms with van der Waals surface area (Å²) in [5.41, 5.74) is 5.48. The topological polar surface area (TPSA) is 76.4 Å². The number of carbonyl (C=O) groups excluding carboxylic acids is 1. The van der Waals surface area contributed by atoms with Crippen LogP contribution in [0.4, 0.5) is 10.6 Å². The lowest BCUT2D eigenvalue weighted by molar-refractivity contribution is 0.158. The van der Waals surface area contributed by atoms with Gasteiger partial charge in [-0.1, -0.05) is 69.3 Å². The number of aromatic nitrogens is 2. The van der Waals surface area contributed by atoms with Gasteiger partial charge in [0.25, 0.3) is 0 Å². The molecule has 6 heteroatoms. The molecule has 1 aromatic heterocycles. The fraction of sp³-hybridized carbons (Fsp3) is 0.360. The predicted octanol–water partition coefficient (Wildman–Crippen LogP) is 4.92. The first-order valence-corrected chi connectivity index (χ1v) is 10.8. The number of hydrogen-bond acceptors (Lipinski definition) is 4. The Morgan fingerprint density at radius 3 is 2.32 bits per heavy atom. The van der Waals surface area contributed by atoms with E-state index in [9.17, 15) is 9.90 Å². The molecule has 2 N–H and O–H groups in total. The summed E-state index contributed by atoms with van der Waals surface area (Å²) < 4.78 is 7.26. The second-order valence-electron chi connectivity index (χ2n) is 8.55. The fourth-order valence-corrected chi connectivity index (χ4v) is 4.03. The Labute approximate surface area is 182 Å². The fourth-order valence-electron chi connectivity index (χ4n) is 4.03. The largest absolute Gasteiger partial charge is 0.448 e. The van der Waals surface area contributed by atoms with E-state index >= 15 is 0 Å². The van der Waals surface area contributed by atoms with Gasteiger partial charge in [-0.25, -0.2) is 9.48 Å². The predicted molar refractivity (Wildman–Crippen MR) is 121 cm³/mol. The molecule has 0 unspecified atom stereocenters. The van der Waals surface area contributed by atoms with Crippen LogP contribution in [-0.4, -0.2) is 34.2 Å². The number of fused-ring (bicyclic) bond motifs is 3. The highest BCUT2D eigenvalue weighted by Crippen LogP contribution is 2.44. The SMILES string of the molecule is CCC(C)(C)c1cc(NC(=O)OCC2c3ccccc3-c3ccccc32)n(CCO)n1. The van der Waals surface area contributed by atoms with Crippen LogP contribution in [0.1, 0.15) is 49.9 Å². The third-order valence-corrected chi connectivity index (χ3v) is 6.24. The highest BCUT2D eigenvalue weighted by molar-refractivity contribution is 5.84. The van der Waals surface area contributed by atoms with Gasteiger partial charge in [-0.15, -0.1) is 0 Å². The van der Waals surface area contributed by atoms with Gasteiger partial charge in [-0.3, -0.25) is 5.32 Å². The van der Waals surface area contributed by atoms with Crippen LogP contribution in [0.25, 0.3) is 11.1 Å². The molecule has 0 saturated carbocycles. The Kier molecular flexibility index (Phi) is 5.83. The van der Waals surface area contributed by atoms with Crippen molar-refractivity contribution >= 4 is 11.9 Å². The maximum Gasteiger partial charge on any atom is 0.412 e. The van der Waals surface area contributed by atoms with Crippen LogP contribution < -0.4 is 5.32 Å². The van der Waals surface area contributed by atoms with Crippen molar-refractivity contribution < 1.29 is 14.6 Å². The van der Waals surface area contributed by atoms with Crippen molar-refractivity contribution in [1.29, 1.82) is 0 Å². The molecule has 4 rings (SSSR count). The second-order valence-corrected chi connectivity index (χ2v) is 8.55. The number of carbonyl (C=O) groups is 1. The van der Waals surface area contributed by atoms with Crippen molar-refractivity contribution in [3.63, 3.8) is 0 Å². The molecule has 1 heterocycles. The van der Waals surface area contributed by atoms with Crippen molar-refractivity contribution in [2.45, 2.75) is 45.1 Å². The molecule has 1 amide bonds. The summed E-state index contributed by atoms with van der Waals surface area (Å²) in [6.07, 6.45) is 0.384. The summed E-state index contributed by atoms with van der Waals surface area (Å²) in [5.74, 6) is 0.540. The maximum absolute atomic E-state index is 12.6. The summed E-state index contributed by atoms with van der Waals surface area (Å²) in [6, 6.07) is 18.4. The lowest BCUT2D eigenvalue weighted by Crippen LogP contribution is -2.20. The number of nitrogens with zero attached hydrogens (tertiary/aromatic N) is 2. The van der Waals surface area contributed by atoms with Crippen molar-refractivity contribution in [2.75, 3.05) is 18.5 Å². The van der Waals surface area contributed by atoms with Crippen molar-refractivity contribution in [1.82, 2.24) is 9.78 Å². The molecule has 0 spiro atoms. The summed E-state index contributed by atoms with van der Waals surface area (Å²) in [7, 11) is 0. The summed E-state index contributed by atoms with van der Waals surface area (Å²) >= 11 is 0. The smallest absolute Gasteiger partial charge is 0.412 e. The number of aliphatic hydroxyl groups excluding tert-OH is 1. The van der Waals surface area contributed by atoms with E-state index in [-0.39, 0.29) is 24.5 Å². The lowest BCUT2D eigenvalue weighted by Gasteiger charge is -2.19. The number of anilines is 1. The molecule has 31 heavy (non-hydrogen) atoms. The first-order valence-electron chi connectivity index (χ1n) is 10.8. The summed E-state index contributed by atoms with van der Waals surface area (Å²) in [6.45, 7) is 6.81. The van der Waals surface area contributed by atoms with Crippen LogP contribution in [0.2, 0.25) is 0 Å². The van der Waals surface area contributed by atoms with Gasteiger partial charge in [0, 0.05) is 17.4 Å². The average Bonchev–Trinajstić information content (AvgIpc) is 3.32. The lowest BCUT2D eigenvalue weighted by atomic mass is 9.87. The number of hydrogen-bond donors (Lipinski definition) is 2. The Morgan fingerprint density at radius 1 is 1.13 bits per heavy atom. The standard InChI is InChI=1S/C25H29N3O3/c1-4-25(2,3)22-15-23(28(27-22)13-14-29)26-24(30)31-16-21-19-11-7-5-9-17(19)18-10-6-8-12-20(18)21/h5-12,15,21,29H,4,13-14,16H2,1-3H3,(H,26,30). The molecule has 0 radical (unpaired) electrons. The number of nitrogens with one attached hydrogen (secondary N) is 1. The minimum absolute atomic E-state index is 0.00934. The second kappa shape index (κ2) is 8.55. The van der Waals surface area contributed by atoms with Gasteiger partial charge >= 0.3 is 6.09 Å². The first-order chi connectivity index (χ1) is 14.9. The van der Waals surface area contributed by atoms with E-state index in [1.165, 1.54) is 22.3 Å². The molecule has 0 atom stereocenters. The van der Waals surface area contributed by atoms with Gasteiger partial charge in [0.2, 0.25) is 0 Å². The van der Waals surface area contributed by atoms with Crippen LogP contribution >= 0.6 is 0 Å². The van der Waals surface area contributed by atoms with Gasteiger partial charge in [-0.2, -0.15) is 5.10 Å². The number of benzene rings is 2. The number of amides is 1. The normalized spacial score (nSPS) is 13.0. The molecule has 1 aliphatic carbocycles. The van der Waals surface area contributed by atoms with Crippen LogP contribution in [0.3, 0.4) is 0 Å². The van der Waals surface area contributed by atoms with E-state index in [1.54, 1.807) is 4.68 Å². The third-order valence-electron chi connectivity index (χ3n) is 6.24. The Balaban J connectivity index is 1.49. The number of rotatable bonds is 7. The highest BCUT2D eigenvalue weighted by Gasteiger charge is 2.29. The van der Waals surface area contributed by atoms with E-state index < -0.39 is 6.09 Å². The van der Waals surface area contributed by atoms with Crippen molar-refractivity contribution in [3.05, 3.63) is 71.4 Å². The van der Waals surface area contributed by atoms with Crippen LogP contribution in [-0.2, 0) is 16.7 Å². The zero-order valence-electron chi connectivity index (χ0n) is 18.3. The third kappa shape index (κ3) is 4.08. The van der Waals surface area contributed by atoms with Gasteiger partial charge in [-0.05, 0) is 28.7 Å². The molecule has 0 saturated heterocycles. The molecule has 3 aromatic rings. The van der Waals surface area contributed by atoms with E-state index in [4.69, 9.17) is 4.74 Å².